The molecule has 1 unspecified atom stereocenters. The van der Waals surface area contributed by atoms with E-state index in [1.807, 2.05) is 60.4 Å². The fraction of sp³-hybridized carbons (Fsp3) is 0.278. The average molecular weight is 297 g/mol. The highest BCUT2D eigenvalue weighted by Gasteiger charge is 2.29. The van der Waals surface area contributed by atoms with Crippen molar-refractivity contribution in [1.82, 2.24) is 0 Å². The number of amides is 1. The van der Waals surface area contributed by atoms with Gasteiger partial charge >= 0.3 is 0 Å². The van der Waals surface area contributed by atoms with Gasteiger partial charge in [0.15, 0.2) is 0 Å². The number of hydrogen-bond acceptors (Lipinski definition) is 3. The summed E-state index contributed by atoms with van der Waals surface area (Å²) >= 11 is 0. The van der Waals surface area contributed by atoms with Gasteiger partial charge in [0.05, 0.1) is 18.3 Å². The van der Waals surface area contributed by atoms with Crippen LogP contribution in [0.25, 0.3) is 0 Å². The maximum atomic E-state index is 13.0. The van der Waals surface area contributed by atoms with E-state index < -0.39 is 0 Å². The SMILES string of the molecule is COCc1cccc(C(=O)N2c3ccccc3OCC2C)c1. The second-order valence-electron chi connectivity index (χ2n) is 5.44. The van der Waals surface area contributed by atoms with Gasteiger partial charge in [0.2, 0.25) is 0 Å². The van der Waals surface area contributed by atoms with E-state index in [0.29, 0.717) is 18.8 Å². The summed E-state index contributed by atoms with van der Waals surface area (Å²) < 4.78 is 10.8. The number of methoxy groups -OCH3 is 1. The van der Waals surface area contributed by atoms with Crippen molar-refractivity contribution in [2.75, 3.05) is 18.6 Å². The lowest BCUT2D eigenvalue weighted by Crippen LogP contribution is -2.45. The first kappa shape index (κ1) is 14.6. The molecule has 2 aromatic rings. The van der Waals surface area contributed by atoms with Gasteiger partial charge in [0.1, 0.15) is 12.4 Å². The summed E-state index contributed by atoms with van der Waals surface area (Å²) in [4.78, 5) is 14.8. The van der Waals surface area contributed by atoms with E-state index in [2.05, 4.69) is 0 Å². The topological polar surface area (TPSA) is 38.8 Å². The van der Waals surface area contributed by atoms with Crippen molar-refractivity contribution in [2.45, 2.75) is 19.6 Å². The number of nitrogens with zero attached hydrogens (tertiary/aromatic N) is 1. The zero-order valence-corrected chi connectivity index (χ0v) is 12.8. The number of para-hydroxylation sites is 2. The summed E-state index contributed by atoms with van der Waals surface area (Å²) in [5, 5.41) is 0. The first-order valence-electron chi connectivity index (χ1n) is 7.34. The Morgan fingerprint density at radius 1 is 1.27 bits per heavy atom. The Balaban J connectivity index is 1.96. The third-order valence-corrected chi connectivity index (χ3v) is 3.75. The normalized spacial score (nSPS) is 16.8. The monoisotopic (exact) mass is 297 g/mol. The maximum Gasteiger partial charge on any atom is 0.258 e. The number of hydrogen-bond donors (Lipinski definition) is 0. The van der Waals surface area contributed by atoms with Crippen molar-refractivity contribution in [3.63, 3.8) is 0 Å². The minimum atomic E-state index is -0.0128. The molecule has 0 bridgehead atoms. The van der Waals surface area contributed by atoms with Crippen LogP contribution in [-0.2, 0) is 11.3 Å². The molecule has 0 N–H and O–H groups in total. The number of fused-ring (bicyclic) bond motifs is 1. The fourth-order valence-electron chi connectivity index (χ4n) is 2.71. The molecule has 0 spiro atoms. The van der Waals surface area contributed by atoms with Gasteiger partial charge in [-0.05, 0) is 36.8 Å². The van der Waals surface area contributed by atoms with Crippen LogP contribution in [0.5, 0.6) is 5.75 Å². The van der Waals surface area contributed by atoms with Gasteiger partial charge in [0.25, 0.3) is 5.91 Å². The smallest absolute Gasteiger partial charge is 0.258 e. The number of anilines is 1. The zero-order chi connectivity index (χ0) is 15.5. The van der Waals surface area contributed by atoms with E-state index in [0.717, 1.165) is 17.0 Å². The van der Waals surface area contributed by atoms with Crippen LogP contribution in [-0.4, -0.2) is 25.7 Å². The van der Waals surface area contributed by atoms with Crippen LogP contribution in [0, 0.1) is 0 Å². The molecule has 22 heavy (non-hydrogen) atoms. The Labute approximate surface area is 130 Å². The lowest BCUT2D eigenvalue weighted by molar-refractivity contribution is 0.0960. The largest absolute Gasteiger partial charge is 0.489 e. The number of ether oxygens (including phenoxy) is 2. The first-order valence-corrected chi connectivity index (χ1v) is 7.34. The van der Waals surface area contributed by atoms with Crippen molar-refractivity contribution >= 4 is 11.6 Å². The summed E-state index contributed by atoms with van der Waals surface area (Å²) in [5.74, 6) is 0.739. The highest BCUT2D eigenvalue weighted by atomic mass is 16.5. The van der Waals surface area contributed by atoms with Crippen molar-refractivity contribution < 1.29 is 14.3 Å². The second kappa shape index (κ2) is 6.20. The molecule has 4 heteroatoms. The van der Waals surface area contributed by atoms with Crippen LogP contribution >= 0.6 is 0 Å². The number of rotatable bonds is 3. The van der Waals surface area contributed by atoms with Crippen LogP contribution in [0.15, 0.2) is 48.5 Å². The molecular formula is C18H19NO3. The molecule has 114 valence electrons. The standard InChI is InChI=1S/C18H19NO3/c1-13-11-22-17-9-4-3-8-16(17)19(13)18(20)15-7-5-6-14(10-15)12-21-2/h3-10,13H,11-12H2,1-2H3. The predicted molar refractivity (Wildman–Crippen MR) is 85.4 cm³/mol. The summed E-state index contributed by atoms with van der Waals surface area (Å²) in [7, 11) is 1.65. The quantitative estimate of drug-likeness (QED) is 0.873. The molecule has 0 fully saturated rings. The van der Waals surface area contributed by atoms with Crippen LogP contribution < -0.4 is 9.64 Å². The van der Waals surface area contributed by atoms with Gasteiger partial charge in [-0.3, -0.25) is 9.69 Å². The van der Waals surface area contributed by atoms with E-state index >= 15 is 0 Å². The minimum absolute atomic E-state index is 0.00604. The number of benzene rings is 2. The molecule has 1 heterocycles. The van der Waals surface area contributed by atoms with Gasteiger partial charge < -0.3 is 9.47 Å². The van der Waals surface area contributed by atoms with Crippen molar-refractivity contribution in [3.05, 3.63) is 59.7 Å². The molecule has 1 aliphatic heterocycles. The van der Waals surface area contributed by atoms with Crippen LogP contribution in [0.1, 0.15) is 22.8 Å². The van der Waals surface area contributed by atoms with Gasteiger partial charge in [0, 0.05) is 12.7 Å². The molecule has 0 saturated heterocycles. The Hall–Kier alpha value is -2.33. The molecule has 1 amide bonds. The minimum Gasteiger partial charge on any atom is -0.489 e. The summed E-state index contributed by atoms with van der Waals surface area (Å²) in [5.41, 5.74) is 2.48. The number of carbonyl (C=O) groups is 1. The molecule has 3 rings (SSSR count). The summed E-state index contributed by atoms with van der Waals surface area (Å²) in [6.45, 7) is 2.99. The first-order chi connectivity index (χ1) is 10.7. The maximum absolute atomic E-state index is 13.0. The lowest BCUT2D eigenvalue weighted by atomic mass is 10.1. The highest BCUT2D eigenvalue weighted by molar-refractivity contribution is 6.07. The lowest BCUT2D eigenvalue weighted by Gasteiger charge is -2.35. The highest BCUT2D eigenvalue weighted by Crippen LogP contribution is 2.34. The average Bonchev–Trinajstić information content (AvgIpc) is 2.55. The molecule has 4 nitrogen and oxygen atoms in total. The summed E-state index contributed by atoms with van der Waals surface area (Å²) in [6, 6.07) is 15.2. The van der Waals surface area contributed by atoms with E-state index in [9.17, 15) is 4.79 Å². The Morgan fingerprint density at radius 2 is 2.09 bits per heavy atom. The van der Waals surface area contributed by atoms with E-state index in [4.69, 9.17) is 9.47 Å². The molecule has 0 aromatic heterocycles. The van der Waals surface area contributed by atoms with Gasteiger partial charge in [-0.15, -0.1) is 0 Å². The molecule has 2 aromatic carbocycles. The predicted octanol–water partition coefficient (Wildman–Crippen LogP) is 3.26. The third-order valence-electron chi connectivity index (χ3n) is 3.75. The van der Waals surface area contributed by atoms with E-state index in [-0.39, 0.29) is 11.9 Å². The third kappa shape index (κ3) is 2.70. The Morgan fingerprint density at radius 3 is 2.91 bits per heavy atom. The molecular weight excluding hydrogens is 278 g/mol. The van der Waals surface area contributed by atoms with Crippen LogP contribution in [0.4, 0.5) is 5.69 Å². The zero-order valence-electron chi connectivity index (χ0n) is 12.8. The van der Waals surface area contributed by atoms with E-state index in [1.165, 1.54) is 0 Å². The van der Waals surface area contributed by atoms with Crippen molar-refractivity contribution in [3.8, 4) is 5.75 Å². The van der Waals surface area contributed by atoms with Crippen LogP contribution in [0.2, 0.25) is 0 Å². The van der Waals surface area contributed by atoms with Gasteiger partial charge in [-0.2, -0.15) is 0 Å². The fourth-order valence-corrected chi connectivity index (χ4v) is 2.71. The van der Waals surface area contributed by atoms with E-state index in [1.54, 1.807) is 7.11 Å². The van der Waals surface area contributed by atoms with Crippen molar-refractivity contribution in [1.29, 1.82) is 0 Å². The van der Waals surface area contributed by atoms with Gasteiger partial charge in [-0.1, -0.05) is 24.3 Å². The molecule has 0 saturated carbocycles. The summed E-state index contributed by atoms with van der Waals surface area (Å²) in [6.07, 6.45) is 0. The van der Waals surface area contributed by atoms with Gasteiger partial charge in [-0.25, -0.2) is 0 Å². The Kier molecular flexibility index (Phi) is 4.11. The molecule has 1 aliphatic rings. The molecule has 1 atom stereocenters. The second-order valence-corrected chi connectivity index (χ2v) is 5.44. The van der Waals surface area contributed by atoms with Crippen molar-refractivity contribution in [2.24, 2.45) is 0 Å². The molecule has 0 aliphatic carbocycles. The molecule has 0 radical (unpaired) electrons. The van der Waals surface area contributed by atoms with Crippen LogP contribution in [0.3, 0.4) is 0 Å². The number of carbonyl (C=O) groups excluding carboxylic acids is 1. The Bertz CT molecular complexity index is 684.